The van der Waals surface area contributed by atoms with E-state index in [9.17, 15) is 13.2 Å². The lowest BCUT2D eigenvalue weighted by Gasteiger charge is -2.13. The Labute approximate surface area is 162 Å². The number of hydrogen-bond donors (Lipinski definition) is 2. The molecule has 0 saturated heterocycles. The summed E-state index contributed by atoms with van der Waals surface area (Å²) in [6.07, 6.45) is 2.99. The molecule has 0 radical (unpaired) electrons. The molecule has 0 aliphatic rings. The van der Waals surface area contributed by atoms with Gasteiger partial charge in [-0.05, 0) is 48.9 Å². The second-order valence-electron chi connectivity index (χ2n) is 5.76. The van der Waals surface area contributed by atoms with E-state index in [0.29, 0.717) is 21.8 Å². The molecule has 3 aromatic rings. The maximum absolute atomic E-state index is 12.8. The number of nitrogens with one attached hydrogen (secondary N) is 2. The van der Waals surface area contributed by atoms with Crippen molar-refractivity contribution in [3.05, 3.63) is 83.1 Å². The van der Waals surface area contributed by atoms with E-state index in [1.54, 1.807) is 61.7 Å². The number of carbonyl (C=O) groups is 1. The Morgan fingerprint density at radius 3 is 2.56 bits per heavy atom. The summed E-state index contributed by atoms with van der Waals surface area (Å²) in [5, 5.41) is 2.97. The van der Waals surface area contributed by atoms with Gasteiger partial charge in [0.25, 0.3) is 15.9 Å². The highest BCUT2D eigenvalue weighted by molar-refractivity contribution is 7.92. The Morgan fingerprint density at radius 2 is 1.85 bits per heavy atom. The largest absolute Gasteiger partial charge is 0.322 e. The van der Waals surface area contributed by atoms with Crippen molar-refractivity contribution in [2.45, 2.75) is 11.8 Å². The molecule has 0 saturated carbocycles. The van der Waals surface area contributed by atoms with Crippen LogP contribution in [0.5, 0.6) is 0 Å². The van der Waals surface area contributed by atoms with Crippen LogP contribution in [0.1, 0.15) is 15.9 Å². The van der Waals surface area contributed by atoms with E-state index in [2.05, 4.69) is 15.0 Å². The molecule has 0 bridgehead atoms. The van der Waals surface area contributed by atoms with E-state index in [4.69, 9.17) is 11.6 Å². The molecule has 0 fully saturated rings. The fourth-order valence-electron chi connectivity index (χ4n) is 2.41. The summed E-state index contributed by atoms with van der Waals surface area (Å²) in [4.78, 5) is 16.2. The van der Waals surface area contributed by atoms with Gasteiger partial charge in [0.1, 0.15) is 0 Å². The Bertz CT molecular complexity index is 1090. The number of anilines is 2. The maximum Gasteiger partial charge on any atom is 0.262 e. The minimum absolute atomic E-state index is 0.0476. The molecule has 0 aliphatic carbocycles. The van der Waals surface area contributed by atoms with Crippen LogP contribution >= 0.6 is 11.6 Å². The molecule has 0 spiro atoms. The summed E-state index contributed by atoms with van der Waals surface area (Å²) in [7, 11) is -3.89. The molecule has 1 aromatic heterocycles. The van der Waals surface area contributed by atoms with Crippen molar-refractivity contribution in [1.29, 1.82) is 0 Å². The lowest BCUT2D eigenvalue weighted by atomic mass is 10.2. The highest BCUT2D eigenvalue weighted by atomic mass is 35.5. The molecule has 2 aromatic carbocycles. The van der Waals surface area contributed by atoms with Crippen LogP contribution < -0.4 is 10.0 Å². The van der Waals surface area contributed by atoms with Crippen LogP contribution in [0.3, 0.4) is 0 Å². The van der Waals surface area contributed by atoms with Crippen molar-refractivity contribution >= 4 is 38.9 Å². The van der Waals surface area contributed by atoms with Crippen LogP contribution in [0.4, 0.5) is 11.4 Å². The predicted molar refractivity (Wildman–Crippen MR) is 106 cm³/mol. The number of para-hydroxylation sites is 1. The maximum atomic E-state index is 12.8. The van der Waals surface area contributed by atoms with Crippen LogP contribution in [0, 0.1) is 6.92 Å². The molecule has 1 amide bonds. The predicted octanol–water partition coefficient (Wildman–Crippen LogP) is 4.10. The van der Waals surface area contributed by atoms with Crippen molar-refractivity contribution in [2.24, 2.45) is 0 Å². The molecule has 3 rings (SSSR count). The van der Waals surface area contributed by atoms with Crippen LogP contribution in [0.2, 0.25) is 5.02 Å². The first-order chi connectivity index (χ1) is 12.9. The fourth-order valence-corrected chi connectivity index (χ4v) is 4.00. The zero-order valence-corrected chi connectivity index (χ0v) is 15.9. The minimum Gasteiger partial charge on any atom is -0.322 e. The molecular formula is C19H16ClN3O3S. The number of nitrogens with zero attached hydrogens (tertiary/aromatic N) is 1. The van der Waals surface area contributed by atoms with E-state index in [1.165, 1.54) is 12.3 Å². The summed E-state index contributed by atoms with van der Waals surface area (Å²) in [6, 6.07) is 14.5. The van der Waals surface area contributed by atoms with E-state index in [1.807, 2.05) is 0 Å². The number of benzene rings is 2. The molecule has 27 heavy (non-hydrogen) atoms. The number of aromatic nitrogens is 1. The van der Waals surface area contributed by atoms with Crippen molar-refractivity contribution in [1.82, 2.24) is 4.98 Å². The number of aryl methyl sites for hydroxylation is 1. The molecule has 0 atom stereocenters. The zero-order chi connectivity index (χ0) is 19.4. The number of amides is 1. The number of sulfonamides is 1. The number of carbonyl (C=O) groups excluding carboxylic acids is 1. The molecule has 8 heteroatoms. The summed E-state index contributed by atoms with van der Waals surface area (Å²) in [5.74, 6) is -0.380. The third-order valence-electron chi connectivity index (χ3n) is 3.78. The zero-order valence-electron chi connectivity index (χ0n) is 14.3. The monoisotopic (exact) mass is 401 g/mol. The first-order valence-corrected chi connectivity index (χ1v) is 9.82. The number of halogens is 1. The molecule has 2 N–H and O–H groups in total. The molecule has 0 unspecified atom stereocenters. The second kappa shape index (κ2) is 7.77. The van der Waals surface area contributed by atoms with E-state index >= 15 is 0 Å². The first kappa shape index (κ1) is 18.9. The fraction of sp³-hybridized carbons (Fsp3) is 0.0526. The molecular weight excluding hydrogens is 386 g/mol. The van der Waals surface area contributed by atoms with Gasteiger partial charge in [0, 0.05) is 18.1 Å². The molecule has 138 valence electrons. The standard InChI is InChI=1S/C19H16ClN3O3S/c1-13-8-9-15(22-19(24)14-5-4-10-21-12-14)11-18(13)27(25,26)23-17-7-3-2-6-16(17)20/h2-12,23H,1H3,(H,22,24). The third-order valence-corrected chi connectivity index (χ3v) is 5.61. The van der Waals surface area contributed by atoms with Gasteiger partial charge in [-0.15, -0.1) is 0 Å². The summed E-state index contributed by atoms with van der Waals surface area (Å²) in [5.41, 5.74) is 1.54. The number of pyridine rings is 1. The van der Waals surface area contributed by atoms with Gasteiger partial charge < -0.3 is 5.32 Å². The van der Waals surface area contributed by atoms with E-state index < -0.39 is 10.0 Å². The van der Waals surface area contributed by atoms with Gasteiger partial charge >= 0.3 is 0 Å². The number of rotatable bonds is 5. The van der Waals surface area contributed by atoms with Crippen LogP contribution in [0.15, 0.2) is 71.9 Å². The van der Waals surface area contributed by atoms with Crippen LogP contribution in [0.25, 0.3) is 0 Å². The van der Waals surface area contributed by atoms with Gasteiger partial charge in [0.2, 0.25) is 0 Å². The van der Waals surface area contributed by atoms with Crippen molar-refractivity contribution in [3.8, 4) is 0 Å². The average Bonchev–Trinajstić information content (AvgIpc) is 2.65. The third kappa shape index (κ3) is 4.45. The van der Waals surface area contributed by atoms with Crippen LogP contribution in [-0.4, -0.2) is 19.3 Å². The quantitative estimate of drug-likeness (QED) is 0.673. The van der Waals surface area contributed by atoms with Crippen molar-refractivity contribution < 1.29 is 13.2 Å². The van der Waals surface area contributed by atoms with E-state index in [-0.39, 0.29) is 16.5 Å². The van der Waals surface area contributed by atoms with Gasteiger partial charge in [-0.1, -0.05) is 29.8 Å². The minimum atomic E-state index is -3.89. The Kier molecular flexibility index (Phi) is 5.43. The molecule has 0 aliphatic heterocycles. The smallest absolute Gasteiger partial charge is 0.262 e. The first-order valence-electron chi connectivity index (χ1n) is 7.96. The topological polar surface area (TPSA) is 88.2 Å². The Morgan fingerprint density at radius 1 is 1.07 bits per heavy atom. The Hall–Kier alpha value is -2.90. The lowest BCUT2D eigenvalue weighted by Crippen LogP contribution is -2.16. The second-order valence-corrected chi connectivity index (χ2v) is 7.82. The summed E-state index contributed by atoms with van der Waals surface area (Å²) >= 11 is 6.04. The molecule has 6 nitrogen and oxygen atoms in total. The van der Waals surface area contributed by atoms with Gasteiger partial charge in [-0.3, -0.25) is 14.5 Å². The summed E-state index contributed by atoms with van der Waals surface area (Å²) in [6.45, 7) is 1.67. The van der Waals surface area contributed by atoms with Gasteiger partial charge in [0.05, 0.1) is 21.2 Å². The normalized spacial score (nSPS) is 11.0. The highest BCUT2D eigenvalue weighted by Gasteiger charge is 2.19. The van der Waals surface area contributed by atoms with E-state index in [0.717, 1.165) is 0 Å². The Balaban J connectivity index is 1.89. The van der Waals surface area contributed by atoms with Gasteiger partial charge in [0.15, 0.2) is 0 Å². The van der Waals surface area contributed by atoms with Gasteiger partial charge in [-0.25, -0.2) is 8.42 Å². The molecule has 1 heterocycles. The van der Waals surface area contributed by atoms with Crippen molar-refractivity contribution in [3.63, 3.8) is 0 Å². The highest BCUT2D eigenvalue weighted by Crippen LogP contribution is 2.27. The van der Waals surface area contributed by atoms with Crippen molar-refractivity contribution in [2.75, 3.05) is 10.0 Å². The lowest BCUT2D eigenvalue weighted by molar-refractivity contribution is 0.102. The average molecular weight is 402 g/mol. The SMILES string of the molecule is Cc1ccc(NC(=O)c2cccnc2)cc1S(=O)(=O)Nc1ccccc1Cl. The summed E-state index contributed by atoms with van der Waals surface area (Å²) < 4.78 is 28.1. The van der Waals surface area contributed by atoms with Crippen LogP contribution in [-0.2, 0) is 10.0 Å². The van der Waals surface area contributed by atoms with Gasteiger partial charge in [-0.2, -0.15) is 0 Å². The number of hydrogen-bond acceptors (Lipinski definition) is 4.